The monoisotopic (exact) mass is 861 g/mol. The molecule has 6 heterocycles. The van der Waals surface area contributed by atoms with Crippen LogP contribution in [0.2, 0.25) is 0 Å². The van der Waals surface area contributed by atoms with E-state index in [9.17, 15) is 0 Å². The Morgan fingerprint density at radius 1 is 0.303 bits per heavy atom. The SMILES string of the molecule is c1cc(-c2ccc3oc4c(ccc5c6ccccc6oc54)c3c2)cc(-c2ccc3oc4c(ccc5oc6ccc(-n7c8ccccc8c8c9sc%10ccccc%10c9ccc87)cc6c54)c3c2)c1. The Morgan fingerprint density at radius 3 is 1.68 bits per heavy atom. The third-order valence-corrected chi connectivity index (χ3v) is 15.2. The number of hydrogen-bond donors (Lipinski definition) is 0. The Morgan fingerprint density at radius 2 is 0.879 bits per heavy atom. The third kappa shape index (κ3) is 4.62. The van der Waals surface area contributed by atoms with Gasteiger partial charge in [-0.3, -0.25) is 0 Å². The Kier molecular flexibility index (Phi) is 6.64. The molecule has 5 nitrogen and oxygen atoms in total. The molecule has 0 spiro atoms. The van der Waals surface area contributed by atoms with Crippen molar-refractivity contribution in [3.8, 4) is 27.9 Å². The van der Waals surface area contributed by atoms with Gasteiger partial charge in [0.15, 0.2) is 11.2 Å². The van der Waals surface area contributed by atoms with E-state index in [0.29, 0.717) is 0 Å². The van der Waals surface area contributed by atoms with Crippen molar-refractivity contribution in [3.05, 3.63) is 188 Å². The topological polar surface area (TPSA) is 57.5 Å². The Balaban J connectivity index is 0.817. The molecular formula is C60H31NO4S. The molecule has 0 N–H and O–H groups in total. The number of fused-ring (bicyclic) bond motifs is 21. The van der Waals surface area contributed by atoms with E-state index < -0.39 is 0 Å². The molecule has 0 aliphatic heterocycles. The quantitative estimate of drug-likeness (QED) is 0.178. The van der Waals surface area contributed by atoms with Crippen molar-refractivity contribution in [2.45, 2.75) is 0 Å². The van der Waals surface area contributed by atoms with E-state index in [1.165, 1.54) is 42.0 Å². The molecule has 0 aliphatic rings. The summed E-state index contributed by atoms with van der Waals surface area (Å²) in [5, 5.41) is 13.6. The molecule has 66 heavy (non-hydrogen) atoms. The average Bonchev–Trinajstić information content (AvgIpc) is 4.22. The Bertz CT molecular complexity index is 4780. The van der Waals surface area contributed by atoms with Crippen LogP contribution in [-0.4, -0.2) is 4.57 Å². The lowest BCUT2D eigenvalue weighted by molar-refractivity contribution is 0.633. The summed E-state index contributed by atoms with van der Waals surface area (Å²) in [6.45, 7) is 0. The molecule has 0 bridgehead atoms. The Labute approximate surface area is 377 Å². The highest BCUT2D eigenvalue weighted by Crippen LogP contribution is 2.46. The fourth-order valence-corrected chi connectivity index (χ4v) is 12.2. The number of thiophene rings is 1. The molecule has 16 aromatic rings. The first-order valence-corrected chi connectivity index (χ1v) is 23.0. The third-order valence-electron chi connectivity index (χ3n) is 14.0. The van der Waals surface area contributed by atoms with E-state index in [-0.39, 0.29) is 0 Å². The van der Waals surface area contributed by atoms with E-state index in [0.717, 1.165) is 116 Å². The number of rotatable bonds is 3. The summed E-state index contributed by atoms with van der Waals surface area (Å²) in [6, 6.07) is 67.1. The van der Waals surface area contributed by atoms with Crippen LogP contribution < -0.4 is 0 Å². The van der Waals surface area contributed by atoms with Crippen molar-refractivity contribution in [3.63, 3.8) is 0 Å². The maximum absolute atomic E-state index is 6.80. The first-order chi connectivity index (χ1) is 32.7. The number of hydrogen-bond acceptors (Lipinski definition) is 5. The van der Waals surface area contributed by atoms with Crippen LogP contribution in [0, 0.1) is 0 Å². The second-order valence-electron chi connectivity index (χ2n) is 17.5. The van der Waals surface area contributed by atoms with Crippen molar-refractivity contribution in [1.82, 2.24) is 4.57 Å². The first-order valence-electron chi connectivity index (χ1n) is 22.2. The summed E-state index contributed by atoms with van der Waals surface area (Å²) < 4.78 is 31.1. The normalized spacial score (nSPS) is 12.5. The van der Waals surface area contributed by atoms with E-state index in [1.54, 1.807) is 0 Å². The van der Waals surface area contributed by atoms with E-state index in [4.69, 9.17) is 17.7 Å². The van der Waals surface area contributed by atoms with Gasteiger partial charge in [0.05, 0.1) is 16.4 Å². The molecular weight excluding hydrogens is 831 g/mol. The zero-order valence-electron chi connectivity index (χ0n) is 34.9. The minimum absolute atomic E-state index is 0.781. The molecule has 16 rings (SSSR count). The minimum Gasteiger partial charge on any atom is -0.456 e. The standard InChI is InChI=1S/C60H31NO4S/c1-4-13-47-43(12-1)55-48(23-21-42-38-11-3-6-15-54(38)66-60(42)55)61(47)36-18-26-52-46(31-36)56-53(62-52)27-22-40-44-29-34(16-24-50(44)63-57(40)56)32-8-7-9-33(28-32)35-17-25-51-45(30-35)41-20-19-39-37-10-2-5-14-49(37)64-58(39)59(41)65-51/h1-31H. The molecule has 0 aliphatic carbocycles. The predicted octanol–water partition coefficient (Wildman–Crippen LogP) is 18.1. The molecule has 0 saturated heterocycles. The molecule has 10 aromatic carbocycles. The maximum Gasteiger partial charge on any atom is 0.178 e. The highest BCUT2D eigenvalue weighted by atomic mass is 32.1. The molecule has 0 radical (unpaired) electrons. The van der Waals surface area contributed by atoms with Gasteiger partial charge in [0.2, 0.25) is 0 Å². The van der Waals surface area contributed by atoms with Crippen molar-refractivity contribution in [1.29, 1.82) is 0 Å². The number of benzene rings is 10. The number of furan rings is 4. The van der Waals surface area contributed by atoms with E-state index in [1.807, 2.05) is 29.5 Å². The molecule has 0 saturated carbocycles. The van der Waals surface area contributed by atoms with Gasteiger partial charge in [0, 0.05) is 74.3 Å². The molecule has 0 fully saturated rings. The summed E-state index contributed by atoms with van der Waals surface area (Å²) in [4.78, 5) is 0. The van der Waals surface area contributed by atoms with Crippen LogP contribution in [-0.2, 0) is 0 Å². The van der Waals surface area contributed by atoms with Gasteiger partial charge in [-0.25, -0.2) is 0 Å². The van der Waals surface area contributed by atoms with Crippen molar-refractivity contribution < 1.29 is 17.7 Å². The van der Waals surface area contributed by atoms with Crippen LogP contribution in [0.3, 0.4) is 0 Å². The van der Waals surface area contributed by atoms with Gasteiger partial charge in [-0.15, -0.1) is 11.3 Å². The zero-order valence-corrected chi connectivity index (χ0v) is 35.7. The zero-order chi connectivity index (χ0) is 42.8. The molecule has 0 unspecified atom stereocenters. The molecule has 6 aromatic heterocycles. The van der Waals surface area contributed by atoms with Crippen molar-refractivity contribution >= 4 is 141 Å². The van der Waals surface area contributed by atoms with Gasteiger partial charge in [-0.2, -0.15) is 0 Å². The maximum atomic E-state index is 6.80. The van der Waals surface area contributed by atoms with Crippen molar-refractivity contribution in [2.24, 2.45) is 0 Å². The molecule has 0 atom stereocenters. The van der Waals surface area contributed by atoms with Crippen LogP contribution in [0.25, 0.3) is 158 Å². The van der Waals surface area contributed by atoms with Crippen molar-refractivity contribution in [2.75, 3.05) is 0 Å². The van der Waals surface area contributed by atoms with Crippen LogP contribution >= 0.6 is 11.3 Å². The summed E-state index contributed by atoms with van der Waals surface area (Å²) >= 11 is 1.88. The Hall–Kier alpha value is -8.58. The first kappa shape index (κ1) is 34.9. The van der Waals surface area contributed by atoms with E-state index in [2.05, 4.69) is 174 Å². The van der Waals surface area contributed by atoms with Gasteiger partial charge in [-0.1, -0.05) is 91.0 Å². The van der Waals surface area contributed by atoms with Crippen LogP contribution in [0.1, 0.15) is 0 Å². The number of nitrogens with zero attached hydrogens (tertiary/aromatic N) is 1. The largest absolute Gasteiger partial charge is 0.456 e. The summed E-state index contributed by atoms with van der Waals surface area (Å²) in [7, 11) is 0. The van der Waals surface area contributed by atoms with Gasteiger partial charge < -0.3 is 22.2 Å². The molecule has 306 valence electrons. The lowest BCUT2D eigenvalue weighted by Crippen LogP contribution is -1.93. The average molecular weight is 862 g/mol. The van der Waals surface area contributed by atoms with Gasteiger partial charge in [-0.05, 0) is 119 Å². The lowest BCUT2D eigenvalue weighted by atomic mass is 9.97. The summed E-state index contributed by atoms with van der Waals surface area (Å²) in [6.07, 6.45) is 0. The fraction of sp³-hybridized carbons (Fsp3) is 0. The summed E-state index contributed by atoms with van der Waals surface area (Å²) in [5.74, 6) is 0. The second kappa shape index (κ2) is 12.6. The van der Waals surface area contributed by atoms with Gasteiger partial charge >= 0.3 is 0 Å². The lowest BCUT2D eigenvalue weighted by Gasteiger charge is -2.08. The van der Waals surface area contributed by atoms with E-state index >= 15 is 0 Å². The highest BCUT2D eigenvalue weighted by molar-refractivity contribution is 7.26. The smallest absolute Gasteiger partial charge is 0.178 e. The number of para-hydroxylation sites is 2. The minimum atomic E-state index is 0.781. The second-order valence-corrected chi connectivity index (χ2v) is 18.6. The fourth-order valence-electron chi connectivity index (χ4n) is 11.0. The van der Waals surface area contributed by atoms with Crippen LogP contribution in [0.5, 0.6) is 0 Å². The van der Waals surface area contributed by atoms with Gasteiger partial charge in [0.1, 0.15) is 33.5 Å². The molecule has 0 amide bonds. The predicted molar refractivity (Wildman–Crippen MR) is 274 cm³/mol. The summed E-state index contributed by atoms with van der Waals surface area (Å²) in [5.41, 5.74) is 14.5. The highest BCUT2D eigenvalue weighted by Gasteiger charge is 2.22. The van der Waals surface area contributed by atoms with Gasteiger partial charge in [0.25, 0.3) is 0 Å². The van der Waals surface area contributed by atoms with Crippen LogP contribution in [0.15, 0.2) is 206 Å². The molecule has 6 heteroatoms. The van der Waals surface area contributed by atoms with Crippen LogP contribution in [0.4, 0.5) is 0 Å². The number of aromatic nitrogens is 1.